The first-order valence-corrected chi connectivity index (χ1v) is 5.65. The molecule has 4 nitrogen and oxygen atoms in total. The molecule has 0 radical (unpaired) electrons. The summed E-state index contributed by atoms with van der Waals surface area (Å²) in [7, 11) is 0. The van der Waals surface area contributed by atoms with E-state index in [0.717, 1.165) is 18.5 Å². The fourth-order valence-corrected chi connectivity index (χ4v) is 2.26. The third kappa shape index (κ3) is 2.15. The van der Waals surface area contributed by atoms with E-state index in [9.17, 15) is 4.79 Å². The first-order chi connectivity index (χ1) is 7.83. The molecule has 1 aliphatic carbocycles. The van der Waals surface area contributed by atoms with Gasteiger partial charge in [0.15, 0.2) is 5.69 Å². The molecule has 0 atom stereocenters. The first-order valence-electron chi connectivity index (χ1n) is 5.65. The molecule has 4 heteroatoms. The van der Waals surface area contributed by atoms with Gasteiger partial charge in [-0.3, -0.25) is 9.78 Å². The number of aliphatic imine (C=N–C) groups is 1. The summed E-state index contributed by atoms with van der Waals surface area (Å²) in [5, 5.41) is 0. The second kappa shape index (κ2) is 4.96. The van der Waals surface area contributed by atoms with Gasteiger partial charge in [0, 0.05) is 18.3 Å². The Hall–Kier alpha value is -1.58. The molecule has 0 saturated heterocycles. The molecule has 0 spiro atoms. The summed E-state index contributed by atoms with van der Waals surface area (Å²) in [5.41, 5.74) is 1.18. The largest absolute Gasteiger partial charge is 0.296 e. The Morgan fingerprint density at radius 3 is 2.62 bits per heavy atom. The van der Waals surface area contributed by atoms with Crippen LogP contribution < -0.4 is 0 Å². The minimum atomic E-state index is -0.367. The Kier molecular flexibility index (Phi) is 3.39. The topological polar surface area (TPSA) is 55.2 Å². The summed E-state index contributed by atoms with van der Waals surface area (Å²) < 4.78 is 0. The lowest BCUT2D eigenvalue weighted by molar-refractivity contribution is 0.0996. The molecule has 84 valence electrons. The van der Waals surface area contributed by atoms with Gasteiger partial charge in [0.2, 0.25) is 0 Å². The molecule has 16 heavy (non-hydrogen) atoms. The highest BCUT2D eigenvalue weighted by molar-refractivity contribution is 5.96. The summed E-state index contributed by atoms with van der Waals surface area (Å²) in [4.78, 5) is 23.3. The van der Waals surface area contributed by atoms with Gasteiger partial charge in [0.05, 0.1) is 5.69 Å². The van der Waals surface area contributed by atoms with E-state index in [2.05, 4.69) is 21.7 Å². The Labute approximate surface area is 94.8 Å². The van der Waals surface area contributed by atoms with Crippen molar-refractivity contribution in [2.75, 3.05) is 0 Å². The summed E-state index contributed by atoms with van der Waals surface area (Å²) in [6.45, 7) is 3.26. The number of carbonyl (C=O) groups is 1. The minimum absolute atomic E-state index is 0.364. The van der Waals surface area contributed by atoms with Gasteiger partial charge in [-0.05, 0) is 19.6 Å². The first kappa shape index (κ1) is 10.9. The highest BCUT2D eigenvalue weighted by atomic mass is 16.1. The molecule has 0 bridgehead atoms. The molecule has 1 aromatic rings. The standard InChI is InChI=1S/C12H15N3O/c1-13-12(16)11-10(14-7-8-15-11)9-5-3-2-4-6-9/h7-9H,1-6H2. The second-order valence-corrected chi connectivity index (χ2v) is 4.09. The number of amides is 1. The van der Waals surface area contributed by atoms with Crippen molar-refractivity contribution in [2.24, 2.45) is 4.99 Å². The van der Waals surface area contributed by atoms with Crippen LogP contribution in [0.3, 0.4) is 0 Å². The summed E-state index contributed by atoms with van der Waals surface area (Å²) in [6, 6.07) is 0. The summed E-state index contributed by atoms with van der Waals surface area (Å²) in [6.07, 6.45) is 9.05. The lowest BCUT2D eigenvalue weighted by Gasteiger charge is -2.21. The van der Waals surface area contributed by atoms with Crippen LogP contribution in [0.5, 0.6) is 0 Å². The van der Waals surface area contributed by atoms with Gasteiger partial charge in [-0.1, -0.05) is 19.3 Å². The molecule has 1 saturated carbocycles. The van der Waals surface area contributed by atoms with Gasteiger partial charge in [0.1, 0.15) is 0 Å². The van der Waals surface area contributed by atoms with Gasteiger partial charge in [-0.25, -0.2) is 9.98 Å². The maximum Gasteiger partial charge on any atom is 0.296 e. The van der Waals surface area contributed by atoms with Crippen LogP contribution >= 0.6 is 0 Å². The van der Waals surface area contributed by atoms with E-state index >= 15 is 0 Å². The van der Waals surface area contributed by atoms with Crippen LogP contribution in [-0.4, -0.2) is 22.6 Å². The van der Waals surface area contributed by atoms with Crippen molar-refractivity contribution in [1.82, 2.24) is 9.97 Å². The predicted molar refractivity (Wildman–Crippen MR) is 61.7 cm³/mol. The van der Waals surface area contributed by atoms with Crippen molar-refractivity contribution < 1.29 is 4.79 Å². The normalized spacial score (nSPS) is 17.0. The number of hydrogen-bond acceptors (Lipinski definition) is 3. The van der Waals surface area contributed by atoms with E-state index in [1.165, 1.54) is 25.5 Å². The Morgan fingerprint density at radius 1 is 1.25 bits per heavy atom. The van der Waals surface area contributed by atoms with E-state index < -0.39 is 0 Å². The lowest BCUT2D eigenvalue weighted by atomic mass is 9.86. The number of aromatic nitrogens is 2. The highest BCUT2D eigenvalue weighted by Crippen LogP contribution is 2.32. The molecule has 1 amide bonds. The molecule has 1 heterocycles. The molecule has 1 aromatic heterocycles. The Balaban J connectivity index is 2.31. The lowest BCUT2D eigenvalue weighted by Crippen LogP contribution is -2.13. The second-order valence-electron chi connectivity index (χ2n) is 4.09. The quantitative estimate of drug-likeness (QED) is 0.714. The molecule has 0 unspecified atom stereocenters. The third-order valence-corrected chi connectivity index (χ3v) is 3.06. The maximum atomic E-state index is 11.5. The van der Waals surface area contributed by atoms with E-state index in [-0.39, 0.29) is 5.91 Å². The van der Waals surface area contributed by atoms with Crippen LogP contribution in [0, 0.1) is 0 Å². The zero-order valence-electron chi connectivity index (χ0n) is 9.22. The van der Waals surface area contributed by atoms with Gasteiger partial charge >= 0.3 is 0 Å². The van der Waals surface area contributed by atoms with Gasteiger partial charge in [0.25, 0.3) is 5.91 Å². The SMILES string of the molecule is C=NC(=O)c1nccnc1C1CCCCC1. The smallest absolute Gasteiger partial charge is 0.265 e. The zero-order chi connectivity index (χ0) is 11.4. The van der Waals surface area contributed by atoms with Crippen molar-refractivity contribution in [3.63, 3.8) is 0 Å². The van der Waals surface area contributed by atoms with E-state index in [0.29, 0.717) is 11.6 Å². The minimum Gasteiger partial charge on any atom is -0.265 e. The third-order valence-electron chi connectivity index (χ3n) is 3.06. The predicted octanol–water partition coefficient (Wildman–Crippen LogP) is 2.37. The monoisotopic (exact) mass is 217 g/mol. The highest BCUT2D eigenvalue weighted by Gasteiger charge is 2.23. The molecule has 2 rings (SSSR count). The van der Waals surface area contributed by atoms with E-state index in [1.807, 2.05) is 0 Å². The number of rotatable bonds is 2. The van der Waals surface area contributed by atoms with Crippen molar-refractivity contribution in [2.45, 2.75) is 38.0 Å². The van der Waals surface area contributed by atoms with Crippen molar-refractivity contribution in [3.8, 4) is 0 Å². The van der Waals surface area contributed by atoms with Crippen LogP contribution in [-0.2, 0) is 0 Å². The van der Waals surface area contributed by atoms with Gasteiger partial charge in [-0.15, -0.1) is 0 Å². The fraction of sp³-hybridized carbons (Fsp3) is 0.500. The van der Waals surface area contributed by atoms with Crippen LogP contribution in [0.15, 0.2) is 17.4 Å². The summed E-state index contributed by atoms with van der Waals surface area (Å²) >= 11 is 0. The van der Waals surface area contributed by atoms with E-state index in [1.54, 1.807) is 6.20 Å². The van der Waals surface area contributed by atoms with Crippen molar-refractivity contribution >= 4 is 12.6 Å². The van der Waals surface area contributed by atoms with Crippen LogP contribution in [0.2, 0.25) is 0 Å². The number of nitrogens with zero attached hydrogens (tertiary/aromatic N) is 3. The number of carbonyl (C=O) groups excluding carboxylic acids is 1. The molecule has 0 aromatic carbocycles. The van der Waals surface area contributed by atoms with Crippen LogP contribution in [0.1, 0.15) is 54.2 Å². The zero-order valence-corrected chi connectivity index (χ0v) is 9.22. The summed E-state index contributed by atoms with van der Waals surface area (Å²) in [5.74, 6) is -0.00294. The average Bonchev–Trinajstić information content (AvgIpc) is 2.39. The van der Waals surface area contributed by atoms with Gasteiger partial charge < -0.3 is 0 Å². The van der Waals surface area contributed by atoms with Gasteiger partial charge in [-0.2, -0.15) is 0 Å². The molecule has 1 aliphatic rings. The number of hydrogen-bond donors (Lipinski definition) is 0. The van der Waals surface area contributed by atoms with Crippen LogP contribution in [0.25, 0.3) is 0 Å². The fourth-order valence-electron chi connectivity index (χ4n) is 2.26. The van der Waals surface area contributed by atoms with E-state index in [4.69, 9.17) is 0 Å². The molecule has 1 fully saturated rings. The Morgan fingerprint density at radius 2 is 1.94 bits per heavy atom. The Bertz CT molecular complexity index is 397. The van der Waals surface area contributed by atoms with Crippen molar-refractivity contribution in [1.29, 1.82) is 0 Å². The molecular weight excluding hydrogens is 202 g/mol. The van der Waals surface area contributed by atoms with Crippen LogP contribution in [0.4, 0.5) is 0 Å². The molecule has 0 N–H and O–H groups in total. The maximum absolute atomic E-state index is 11.5. The molecule has 0 aliphatic heterocycles. The van der Waals surface area contributed by atoms with Crippen molar-refractivity contribution in [3.05, 3.63) is 23.8 Å². The average molecular weight is 217 g/mol. The molecular formula is C12H15N3O.